The SMILES string of the molecule is Oc1cccc(-c2cc(-c3ccccc3Cl)nc3c2COc2ccccc2-3)c1. The van der Waals surface area contributed by atoms with Crippen LogP contribution in [0.3, 0.4) is 0 Å². The maximum absolute atomic E-state index is 10.00. The van der Waals surface area contributed by atoms with Crippen molar-refractivity contribution in [1.29, 1.82) is 0 Å². The third kappa shape index (κ3) is 2.81. The summed E-state index contributed by atoms with van der Waals surface area (Å²) in [6.45, 7) is 0.424. The number of ether oxygens (including phenoxy) is 1. The molecule has 0 amide bonds. The summed E-state index contributed by atoms with van der Waals surface area (Å²) in [4.78, 5) is 4.97. The molecule has 1 N–H and O–H groups in total. The zero-order valence-electron chi connectivity index (χ0n) is 14.9. The van der Waals surface area contributed by atoms with Crippen molar-refractivity contribution in [2.24, 2.45) is 0 Å². The van der Waals surface area contributed by atoms with E-state index in [1.54, 1.807) is 12.1 Å². The average molecular weight is 386 g/mol. The zero-order chi connectivity index (χ0) is 19.1. The van der Waals surface area contributed by atoms with Crippen LogP contribution in [0.25, 0.3) is 33.6 Å². The molecule has 0 bridgehead atoms. The van der Waals surface area contributed by atoms with Gasteiger partial charge in [-0.2, -0.15) is 0 Å². The van der Waals surface area contributed by atoms with Gasteiger partial charge in [-0.15, -0.1) is 0 Å². The molecule has 1 aromatic heterocycles. The molecule has 136 valence electrons. The normalized spacial score (nSPS) is 12.0. The van der Waals surface area contributed by atoms with E-state index in [9.17, 15) is 5.11 Å². The highest BCUT2D eigenvalue weighted by atomic mass is 35.5. The fourth-order valence-corrected chi connectivity index (χ4v) is 3.85. The topological polar surface area (TPSA) is 42.4 Å². The van der Waals surface area contributed by atoms with E-state index < -0.39 is 0 Å². The van der Waals surface area contributed by atoms with Gasteiger partial charge in [-0.25, -0.2) is 4.98 Å². The van der Waals surface area contributed by atoms with Crippen LogP contribution in [0.4, 0.5) is 0 Å². The number of halogens is 1. The molecule has 1 aliphatic rings. The number of para-hydroxylation sites is 1. The third-order valence-electron chi connectivity index (χ3n) is 4.95. The van der Waals surface area contributed by atoms with Crippen LogP contribution in [-0.4, -0.2) is 10.1 Å². The summed E-state index contributed by atoms with van der Waals surface area (Å²) in [6.07, 6.45) is 0. The zero-order valence-corrected chi connectivity index (χ0v) is 15.6. The first-order valence-electron chi connectivity index (χ1n) is 9.01. The molecule has 0 aliphatic carbocycles. The minimum atomic E-state index is 0.222. The Morgan fingerprint density at radius 1 is 0.821 bits per heavy atom. The molecule has 3 nitrogen and oxygen atoms in total. The summed E-state index contributed by atoms with van der Waals surface area (Å²) in [5, 5.41) is 10.6. The minimum Gasteiger partial charge on any atom is -0.508 e. The fourth-order valence-electron chi connectivity index (χ4n) is 3.62. The molecule has 0 atom stereocenters. The first-order valence-corrected chi connectivity index (χ1v) is 9.39. The molecular weight excluding hydrogens is 370 g/mol. The molecule has 28 heavy (non-hydrogen) atoms. The summed E-state index contributed by atoms with van der Waals surface area (Å²) in [5.74, 6) is 1.04. The Kier molecular flexibility index (Phi) is 4.03. The van der Waals surface area contributed by atoms with Crippen LogP contribution in [0.5, 0.6) is 11.5 Å². The number of benzene rings is 3. The van der Waals surface area contributed by atoms with Gasteiger partial charge in [0.05, 0.1) is 11.4 Å². The summed E-state index contributed by atoms with van der Waals surface area (Å²) in [6, 6.07) is 24.9. The number of fused-ring (bicyclic) bond motifs is 3. The molecule has 0 radical (unpaired) electrons. The summed E-state index contributed by atoms with van der Waals surface area (Å²) < 4.78 is 5.98. The van der Waals surface area contributed by atoms with E-state index in [-0.39, 0.29) is 5.75 Å². The highest BCUT2D eigenvalue weighted by Crippen LogP contribution is 2.43. The van der Waals surface area contributed by atoms with Crippen molar-refractivity contribution in [2.75, 3.05) is 0 Å². The lowest BCUT2D eigenvalue weighted by atomic mass is 9.92. The number of hydrogen-bond donors (Lipinski definition) is 1. The van der Waals surface area contributed by atoms with E-state index in [1.807, 2.05) is 66.7 Å². The molecule has 0 fully saturated rings. The van der Waals surface area contributed by atoms with Crippen molar-refractivity contribution in [1.82, 2.24) is 4.98 Å². The van der Waals surface area contributed by atoms with Crippen LogP contribution >= 0.6 is 11.6 Å². The van der Waals surface area contributed by atoms with Crippen LogP contribution < -0.4 is 4.74 Å². The van der Waals surface area contributed by atoms with E-state index in [0.717, 1.165) is 45.0 Å². The number of pyridine rings is 1. The van der Waals surface area contributed by atoms with Gasteiger partial charge in [0.25, 0.3) is 0 Å². The monoisotopic (exact) mass is 385 g/mol. The highest BCUT2D eigenvalue weighted by molar-refractivity contribution is 6.33. The standard InChI is InChI=1S/C24H16ClNO2/c25-21-10-3-1-8-17(21)22-13-19(15-6-5-7-16(27)12-15)20-14-28-23-11-4-2-9-18(23)24(20)26-22/h1-13,27H,14H2. The summed E-state index contributed by atoms with van der Waals surface area (Å²) >= 11 is 6.46. The maximum atomic E-state index is 10.00. The molecule has 0 saturated heterocycles. The van der Waals surface area contributed by atoms with E-state index in [0.29, 0.717) is 11.6 Å². The predicted molar refractivity (Wildman–Crippen MR) is 112 cm³/mol. The Labute approximate surface area is 167 Å². The van der Waals surface area contributed by atoms with Crippen LogP contribution in [0, 0.1) is 0 Å². The Bertz CT molecular complexity index is 1200. The Morgan fingerprint density at radius 3 is 2.43 bits per heavy atom. The molecule has 4 aromatic rings. The Morgan fingerprint density at radius 2 is 1.61 bits per heavy atom. The smallest absolute Gasteiger partial charge is 0.129 e. The van der Waals surface area contributed by atoms with E-state index in [2.05, 4.69) is 0 Å². The van der Waals surface area contributed by atoms with Crippen LogP contribution in [0.2, 0.25) is 5.02 Å². The first-order chi connectivity index (χ1) is 13.7. The Hall–Kier alpha value is -3.30. The van der Waals surface area contributed by atoms with Gasteiger partial charge < -0.3 is 9.84 Å². The predicted octanol–water partition coefficient (Wildman–Crippen LogP) is 6.33. The lowest BCUT2D eigenvalue weighted by molar-refractivity contribution is 0.302. The van der Waals surface area contributed by atoms with Crippen LogP contribution in [0.1, 0.15) is 5.56 Å². The number of nitrogens with zero attached hydrogens (tertiary/aromatic N) is 1. The van der Waals surface area contributed by atoms with Crippen molar-refractivity contribution in [3.63, 3.8) is 0 Å². The molecular formula is C24H16ClNO2. The average Bonchev–Trinajstić information content (AvgIpc) is 2.73. The van der Waals surface area contributed by atoms with Crippen molar-refractivity contribution in [3.05, 3.63) is 89.4 Å². The molecule has 5 rings (SSSR count). The van der Waals surface area contributed by atoms with E-state index in [1.165, 1.54) is 0 Å². The Balaban J connectivity index is 1.82. The highest BCUT2D eigenvalue weighted by Gasteiger charge is 2.24. The van der Waals surface area contributed by atoms with Gasteiger partial charge in [0, 0.05) is 21.7 Å². The molecule has 2 heterocycles. The lowest BCUT2D eigenvalue weighted by Crippen LogP contribution is -2.09. The summed E-state index contributed by atoms with van der Waals surface area (Å²) in [7, 11) is 0. The molecule has 0 spiro atoms. The number of phenols is 1. The molecule has 3 aromatic carbocycles. The quantitative estimate of drug-likeness (QED) is 0.438. The second-order valence-corrected chi connectivity index (χ2v) is 7.10. The van der Waals surface area contributed by atoms with Gasteiger partial charge in [0.1, 0.15) is 18.1 Å². The maximum Gasteiger partial charge on any atom is 0.129 e. The largest absolute Gasteiger partial charge is 0.508 e. The van der Waals surface area contributed by atoms with Gasteiger partial charge in [0.15, 0.2) is 0 Å². The number of hydrogen-bond acceptors (Lipinski definition) is 3. The van der Waals surface area contributed by atoms with Crippen molar-refractivity contribution in [3.8, 4) is 45.1 Å². The second-order valence-electron chi connectivity index (χ2n) is 6.70. The van der Waals surface area contributed by atoms with E-state index >= 15 is 0 Å². The number of rotatable bonds is 2. The number of aromatic hydroxyl groups is 1. The van der Waals surface area contributed by atoms with Gasteiger partial charge >= 0.3 is 0 Å². The fraction of sp³-hybridized carbons (Fsp3) is 0.0417. The van der Waals surface area contributed by atoms with Crippen LogP contribution in [-0.2, 0) is 6.61 Å². The second kappa shape index (κ2) is 6.70. The molecule has 1 aliphatic heterocycles. The van der Waals surface area contributed by atoms with Crippen molar-refractivity contribution < 1.29 is 9.84 Å². The van der Waals surface area contributed by atoms with Gasteiger partial charge in [-0.05, 0) is 47.5 Å². The summed E-state index contributed by atoms with van der Waals surface area (Å²) in [5.41, 5.74) is 6.40. The van der Waals surface area contributed by atoms with E-state index in [4.69, 9.17) is 21.3 Å². The first kappa shape index (κ1) is 16.8. The molecule has 4 heteroatoms. The van der Waals surface area contributed by atoms with Gasteiger partial charge in [0.2, 0.25) is 0 Å². The number of aromatic nitrogens is 1. The minimum absolute atomic E-state index is 0.222. The lowest BCUT2D eigenvalue weighted by Gasteiger charge is -2.24. The van der Waals surface area contributed by atoms with Crippen molar-refractivity contribution in [2.45, 2.75) is 6.61 Å². The van der Waals surface area contributed by atoms with Crippen LogP contribution in [0.15, 0.2) is 78.9 Å². The number of phenolic OH excluding ortho intramolecular Hbond substituents is 1. The molecule has 0 unspecified atom stereocenters. The van der Waals surface area contributed by atoms with Gasteiger partial charge in [-0.1, -0.05) is 54.1 Å². The third-order valence-corrected chi connectivity index (χ3v) is 5.28. The molecule has 0 saturated carbocycles. The van der Waals surface area contributed by atoms with Gasteiger partial charge in [-0.3, -0.25) is 0 Å². The van der Waals surface area contributed by atoms with Crippen molar-refractivity contribution >= 4 is 11.6 Å².